The molecular weight excluding hydrogens is 152 g/mol. The summed E-state index contributed by atoms with van der Waals surface area (Å²) in [5.74, 6) is 2.06. The fourth-order valence-electron chi connectivity index (χ4n) is 0.579. The third-order valence-electron chi connectivity index (χ3n) is 2.16. The number of hydrogen-bond donors (Lipinski definition) is 0. The standard InChI is InChI=1S/C10H22S/c1-6-10(3)8-9-11(4,5)7-2/h8-10H,6-7H2,1-5H3. The van der Waals surface area contributed by atoms with Gasteiger partial charge in [0.2, 0.25) is 0 Å². The van der Waals surface area contributed by atoms with Crippen LogP contribution in [0.15, 0.2) is 11.5 Å². The van der Waals surface area contributed by atoms with E-state index in [0.29, 0.717) is 0 Å². The van der Waals surface area contributed by atoms with Crippen molar-refractivity contribution in [2.24, 2.45) is 5.92 Å². The Kier molecular flexibility index (Phi) is 4.91. The zero-order valence-electron chi connectivity index (χ0n) is 8.55. The van der Waals surface area contributed by atoms with Crippen molar-refractivity contribution < 1.29 is 0 Å². The van der Waals surface area contributed by atoms with E-state index in [2.05, 4.69) is 44.8 Å². The summed E-state index contributed by atoms with van der Waals surface area (Å²) in [7, 11) is -0.405. The molecule has 1 heteroatoms. The van der Waals surface area contributed by atoms with Crippen LogP contribution in [0, 0.1) is 5.92 Å². The smallest absolute Gasteiger partial charge is 0.0227 e. The first-order chi connectivity index (χ1) is 5.02. The van der Waals surface area contributed by atoms with Crippen LogP contribution in [0.1, 0.15) is 27.2 Å². The lowest BCUT2D eigenvalue weighted by Gasteiger charge is -2.24. The van der Waals surface area contributed by atoms with Crippen LogP contribution < -0.4 is 0 Å². The summed E-state index contributed by atoms with van der Waals surface area (Å²) in [4.78, 5) is 0. The summed E-state index contributed by atoms with van der Waals surface area (Å²) in [6, 6.07) is 0. The summed E-state index contributed by atoms with van der Waals surface area (Å²) >= 11 is 0. The molecule has 0 aliphatic rings. The van der Waals surface area contributed by atoms with E-state index < -0.39 is 10.0 Å². The normalized spacial score (nSPS) is 17.2. The highest BCUT2D eigenvalue weighted by Crippen LogP contribution is 2.40. The fraction of sp³-hybridized carbons (Fsp3) is 0.800. The quantitative estimate of drug-likeness (QED) is 0.610. The Balaban J connectivity index is 3.90. The van der Waals surface area contributed by atoms with E-state index in [1.165, 1.54) is 12.2 Å². The molecule has 0 rings (SSSR count). The van der Waals surface area contributed by atoms with E-state index in [-0.39, 0.29) is 0 Å². The minimum absolute atomic E-state index is 0.405. The van der Waals surface area contributed by atoms with Crippen molar-refractivity contribution in [3.05, 3.63) is 11.5 Å². The highest BCUT2D eigenvalue weighted by molar-refractivity contribution is 8.35. The minimum atomic E-state index is -0.405. The molecule has 0 amide bonds. The third kappa shape index (κ3) is 5.37. The Morgan fingerprint density at radius 3 is 2.18 bits per heavy atom. The maximum Gasteiger partial charge on any atom is -0.0227 e. The Bertz CT molecular complexity index is 125. The monoisotopic (exact) mass is 174 g/mol. The first-order valence-electron chi connectivity index (χ1n) is 4.41. The molecule has 11 heavy (non-hydrogen) atoms. The predicted molar refractivity (Wildman–Crippen MR) is 58.6 cm³/mol. The maximum absolute atomic E-state index is 2.43. The molecule has 0 heterocycles. The topological polar surface area (TPSA) is 0 Å². The summed E-state index contributed by atoms with van der Waals surface area (Å²) in [5, 5.41) is 2.43. The number of rotatable bonds is 4. The van der Waals surface area contributed by atoms with Gasteiger partial charge in [0.05, 0.1) is 0 Å². The SMILES string of the molecule is CCC(C)C=CS(C)(C)CC. The van der Waals surface area contributed by atoms with Crippen LogP contribution in [0.2, 0.25) is 0 Å². The molecule has 0 fully saturated rings. The van der Waals surface area contributed by atoms with Crippen LogP contribution in [0.25, 0.3) is 0 Å². The van der Waals surface area contributed by atoms with E-state index in [1.807, 2.05) is 0 Å². The molecule has 0 aromatic heterocycles. The average Bonchev–Trinajstić information content (AvgIpc) is 2.00. The second-order valence-corrected chi connectivity index (χ2v) is 7.72. The Morgan fingerprint density at radius 2 is 1.82 bits per heavy atom. The van der Waals surface area contributed by atoms with Crippen LogP contribution in [0.3, 0.4) is 0 Å². The van der Waals surface area contributed by atoms with Crippen LogP contribution in [-0.4, -0.2) is 18.3 Å². The van der Waals surface area contributed by atoms with E-state index in [4.69, 9.17) is 0 Å². The van der Waals surface area contributed by atoms with Gasteiger partial charge < -0.3 is 0 Å². The third-order valence-corrected chi connectivity index (χ3v) is 4.55. The van der Waals surface area contributed by atoms with E-state index >= 15 is 0 Å². The molecular formula is C10H22S. The van der Waals surface area contributed by atoms with Gasteiger partial charge in [-0.2, -0.15) is 0 Å². The zero-order chi connectivity index (χ0) is 8.91. The van der Waals surface area contributed by atoms with Crippen molar-refractivity contribution in [3.8, 4) is 0 Å². The van der Waals surface area contributed by atoms with E-state index in [1.54, 1.807) is 0 Å². The van der Waals surface area contributed by atoms with Crippen molar-refractivity contribution in [3.63, 3.8) is 0 Å². The summed E-state index contributed by atoms with van der Waals surface area (Å²) in [6.45, 7) is 6.79. The molecule has 1 atom stereocenters. The Hall–Kier alpha value is 0.0900. The van der Waals surface area contributed by atoms with Gasteiger partial charge in [-0.25, -0.2) is 10.0 Å². The first-order valence-corrected chi connectivity index (χ1v) is 7.09. The first kappa shape index (κ1) is 11.1. The fourth-order valence-corrected chi connectivity index (χ4v) is 1.47. The van der Waals surface area contributed by atoms with Gasteiger partial charge in [-0.1, -0.05) is 38.7 Å². The lowest BCUT2D eigenvalue weighted by molar-refractivity contribution is 0.699. The highest BCUT2D eigenvalue weighted by atomic mass is 32.3. The lowest BCUT2D eigenvalue weighted by atomic mass is 10.1. The van der Waals surface area contributed by atoms with Gasteiger partial charge >= 0.3 is 0 Å². The molecule has 0 nitrogen and oxygen atoms in total. The average molecular weight is 174 g/mol. The molecule has 68 valence electrons. The summed E-state index contributed by atoms with van der Waals surface area (Å²) in [5.41, 5.74) is 0. The van der Waals surface area contributed by atoms with Gasteiger partial charge in [-0.3, -0.25) is 0 Å². The van der Waals surface area contributed by atoms with Gasteiger partial charge in [0.15, 0.2) is 0 Å². The molecule has 0 aliphatic carbocycles. The van der Waals surface area contributed by atoms with Crippen LogP contribution in [-0.2, 0) is 0 Å². The van der Waals surface area contributed by atoms with E-state index in [0.717, 1.165) is 5.92 Å². The molecule has 0 saturated heterocycles. The van der Waals surface area contributed by atoms with Gasteiger partial charge in [0, 0.05) is 0 Å². The van der Waals surface area contributed by atoms with Crippen molar-refractivity contribution in [1.29, 1.82) is 0 Å². The van der Waals surface area contributed by atoms with Crippen molar-refractivity contribution in [2.45, 2.75) is 27.2 Å². The number of hydrogen-bond acceptors (Lipinski definition) is 0. The van der Waals surface area contributed by atoms with Crippen LogP contribution in [0.5, 0.6) is 0 Å². The number of allylic oxidation sites excluding steroid dienone is 1. The van der Waals surface area contributed by atoms with Crippen LogP contribution in [0.4, 0.5) is 0 Å². The van der Waals surface area contributed by atoms with Gasteiger partial charge in [0.25, 0.3) is 0 Å². The Labute approximate surface area is 73.4 Å². The largest absolute Gasteiger partial charge is 0.228 e. The molecule has 0 bridgehead atoms. The molecule has 0 radical (unpaired) electrons. The highest BCUT2D eigenvalue weighted by Gasteiger charge is 2.03. The summed E-state index contributed by atoms with van der Waals surface area (Å²) < 4.78 is 0. The summed E-state index contributed by atoms with van der Waals surface area (Å²) in [6.07, 6.45) is 8.37. The zero-order valence-corrected chi connectivity index (χ0v) is 9.37. The van der Waals surface area contributed by atoms with Crippen LogP contribution >= 0.6 is 10.0 Å². The molecule has 0 spiro atoms. The molecule has 0 N–H and O–H groups in total. The van der Waals surface area contributed by atoms with Gasteiger partial charge in [0.1, 0.15) is 0 Å². The van der Waals surface area contributed by atoms with Gasteiger partial charge in [-0.05, 0) is 24.2 Å². The second-order valence-electron chi connectivity index (χ2n) is 3.63. The maximum atomic E-state index is 2.43. The molecule has 0 aliphatic heterocycles. The van der Waals surface area contributed by atoms with Crippen molar-refractivity contribution in [1.82, 2.24) is 0 Å². The predicted octanol–water partition coefficient (Wildman–Crippen LogP) is 3.63. The second kappa shape index (κ2) is 4.87. The van der Waals surface area contributed by atoms with Crippen molar-refractivity contribution >= 4 is 10.0 Å². The van der Waals surface area contributed by atoms with Crippen molar-refractivity contribution in [2.75, 3.05) is 18.3 Å². The molecule has 0 aromatic rings. The van der Waals surface area contributed by atoms with E-state index in [9.17, 15) is 0 Å². The minimum Gasteiger partial charge on any atom is -0.228 e. The molecule has 0 aromatic carbocycles. The lowest BCUT2D eigenvalue weighted by Crippen LogP contribution is -1.94. The molecule has 1 unspecified atom stereocenters. The Morgan fingerprint density at radius 1 is 1.27 bits per heavy atom. The molecule has 0 saturated carbocycles. The van der Waals surface area contributed by atoms with Gasteiger partial charge in [-0.15, -0.1) is 0 Å².